The van der Waals surface area contributed by atoms with Crippen molar-refractivity contribution in [2.75, 3.05) is 0 Å². The minimum absolute atomic E-state index is 0.905. The van der Waals surface area contributed by atoms with Gasteiger partial charge in [-0.25, -0.2) is 4.70 Å². The summed E-state index contributed by atoms with van der Waals surface area (Å²) in [5.41, 5.74) is 19.4. The molecule has 0 atom stereocenters. The number of nitrogens with zero attached hydrogens (tertiary/aromatic N) is 2. The Morgan fingerprint density at radius 1 is 0.338 bits per heavy atom. The predicted molar refractivity (Wildman–Crippen MR) is 315 cm³/mol. The Labute approximate surface area is 450 Å². The van der Waals surface area contributed by atoms with Gasteiger partial charge in [-0.3, -0.25) is 0 Å². The van der Waals surface area contributed by atoms with Gasteiger partial charge in [0.25, 0.3) is 0 Å². The van der Waals surface area contributed by atoms with Crippen LogP contribution in [0.15, 0.2) is 60.2 Å². The molecule has 0 fully saturated rings. The van der Waals surface area contributed by atoms with Crippen molar-refractivity contribution in [3.05, 3.63) is 88.0 Å². The van der Waals surface area contributed by atoms with E-state index in [1.54, 1.807) is 0 Å². The van der Waals surface area contributed by atoms with Crippen LogP contribution in [-0.4, -0.2) is 4.70 Å². The van der Waals surface area contributed by atoms with Crippen LogP contribution in [0.5, 0.6) is 0 Å². The second kappa shape index (κ2) is 48.9. The number of hydrogen-bond donors (Lipinski definition) is 0. The summed E-state index contributed by atoms with van der Waals surface area (Å²) >= 11 is 2.05. The zero-order valence-corrected chi connectivity index (χ0v) is 49.1. The van der Waals surface area contributed by atoms with Crippen LogP contribution in [0.25, 0.3) is 16.9 Å². The molecule has 0 aliphatic carbocycles. The molecule has 1 aliphatic rings. The Kier molecular flexibility index (Phi) is 44.9. The van der Waals surface area contributed by atoms with Crippen LogP contribution in [-0.2, 0) is 27.3 Å². The van der Waals surface area contributed by atoms with Gasteiger partial charge in [0, 0.05) is 22.8 Å². The van der Waals surface area contributed by atoms with E-state index in [1.165, 1.54) is 295 Å². The van der Waals surface area contributed by atoms with E-state index in [0.717, 1.165) is 48.2 Å². The average molecular weight is 1020 g/mol. The smallest absolute Gasteiger partial charge is 0.0654 e. The number of benzene rings is 2. The topological polar surface area (TPSA) is 25.3 Å². The first-order valence-corrected chi connectivity index (χ1v) is 33.1. The fraction of sp³-hybridized carbons (Fsp3) is 0.765. The van der Waals surface area contributed by atoms with Gasteiger partial charge in [-0.05, 0) is 73.9 Å². The second-order valence-electron chi connectivity index (χ2n) is 21.9. The Morgan fingerprint density at radius 3 is 1.01 bits per heavy atom. The Bertz CT molecular complexity index is 1530. The third kappa shape index (κ3) is 35.0. The quantitative estimate of drug-likeness (QED) is 0.0359. The van der Waals surface area contributed by atoms with Crippen LogP contribution in [0.1, 0.15) is 333 Å². The molecule has 0 saturated carbocycles. The first-order chi connectivity index (χ1) is 35.1. The summed E-state index contributed by atoms with van der Waals surface area (Å²) in [6.45, 7) is 11.3. The molecule has 0 N–H and O–H groups in total. The van der Waals surface area contributed by atoms with Crippen molar-refractivity contribution in [2.45, 2.75) is 334 Å². The Balaban J connectivity index is 0.000000494. The zero-order valence-electron chi connectivity index (χ0n) is 48.1. The first-order valence-electron chi connectivity index (χ1n) is 31.7. The molecule has 0 amide bonds. The molecule has 3 heteroatoms. The van der Waals surface area contributed by atoms with Gasteiger partial charge < -0.3 is 5.53 Å². The molecular weight excluding hydrogens is 903 g/mol. The van der Waals surface area contributed by atoms with Crippen LogP contribution in [0.4, 0.5) is 0 Å². The van der Waals surface area contributed by atoms with E-state index < -0.39 is 0 Å². The normalized spacial score (nSPS) is 12.6. The molecule has 410 valence electrons. The SMILES string of the molecule is CCCCCCC1=C(c2cccc(CCCC)c2)[N+](=[N-])C(c2cccc(CCCC)c2)=C1.CCCCCCCCCCCCCCCCCC[CH2][Ni][CH2]CCCCCCCCCCCCCCCCCC. The first kappa shape index (κ1) is 65.1. The predicted octanol–water partition coefficient (Wildman–Crippen LogP) is 24.4. The number of allylic oxidation sites excluding steroid dienone is 2. The van der Waals surface area contributed by atoms with Crippen molar-refractivity contribution in [3.63, 3.8) is 0 Å². The van der Waals surface area contributed by atoms with Crippen LogP contribution >= 0.6 is 0 Å². The summed E-state index contributed by atoms with van der Waals surface area (Å²) in [7, 11) is 0. The third-order valence-electron chi connectivity index (χ3n) is 15.1. The number of aryl methyl sites for hydroxylation is 2. The van der Waals surface area contributed by atoms with E-state index in [1.807, 2.05) is 14.4 Å². The minimum atomic E-state index is 0.905. The van der Waals surface area contributed by atoms with Gasteiger partial charge in [0.1, 0.15) is 0 Å². The molecule has 0 aromatic heterocycles. The molecule has 71 heavy (non-hydrogen) atoms. The maximum absolute atomic E-state index is 11.4. The maximum atomic E-state index is 11.4. The van der Waals surface area contributed by atoms with Crippen molar-refractivity contribution in [3.8, 4) is 0 Å². The van der Waals surface area contributed by atoms with Gasteiger partial charge in [-0.1, -0.05) is 168 Å². The molecule has 0 bridgehead atoms. The molecule has 2 aromatic rings. The number of hydrogen-bond acceptors (Lipinski definition) is 0. The van der Waals surface area contributed by atoms with E-state index in [4.69, 9.17) is 0 Å². The summed E-state index contributed by atoms with van der Waals surface area (Å²) in [4.78, 5) is 0. The summed E-state index contributed by atoms with van der Waals surface area (Å²) in [5.74, 6) is 0. The van der Waals surface area contributed by atoms with Crippen molar-refractivity contribution < 1.29 is 19.1 Å². The summed E-state index contributed by atoms with van der Waals surface area (Å²) in [6.07, 6.45) is 65.3. The van der Waals surface area contributed by atoms with E-state index in [-0.39, 0.29) is 0 Å². The van der Waals surface area contributed by atoms with E-state index in [9.17, 15) is 5.53 Å². The molecule has 1 heterocycles. The molecule has 2 nitrogen and oxygen atoms in total. The van der Waals surface area contributed by atoms with Crippen molar-refractivity contribution in [1.82, 2.24) is 0 Å². The summed E-state index contributed by atoms with van der Waals surface area (Å²) in [6, 6.07) is 17.5. The van der Waals surface area contributed by atoms with Gasteiger partial charge in [-0.15, -0.1) is 0 Å². The van der Waals surface area contributed by atoms with Crippen LogP contribution in [0, 0.1) is 0 Å². The van der Waals surface area contributed by atoms with Crippen LogP contribution in [0.2, 0.25) is 10.8 Å². The Hall–Kier alpha value is -1.99. The van der Waals surface area contributed by atoms with Gasteiger partial charge >= 0.3 is 166 Å². The number of unbranched alkanes of at least 4 members (excludes halogenated alkanes) is 37. The van der Waals surface area contributed by atoms with Gasteiger partial charge in [0.05, 0.1) is 0 Å². The molecule has 3 rings (SSSR count). The third-order valence-corrected chi connectivity index (χ3v) is 16.5. The monoisotopic (exact) mass is 1020 g/mol. The minimum Gasteiger partial charge on any atom is -0.0654 e. The molecule has 1 aliphatic heterocycles. The standard InChI is InChI=1S/C30H40N2.2C19H39.Ni/c1-4-7-10-11-18-28-23-29(26-19-12-16-24(21-26)14-8-5-2)32(31)30(28)27-20-13-17-25(22-27)15-9-6-3;2*1-3-5-7-9-11-13-15-17-19-18-16-14-12-10-8-6-4-2;/h12-13,16-17,19-23H,4-11,14-15,18H2,1-3H3;2*1,3-19H2,2H3;. The molecule has 0 radical (unpaired) electrons. The van der Waals surface area contributed by atoms with Crippen molar-refractivity contribution in [2.24, 2.45) is 0 Å². The zero-order chi connectivity index (χ0) is 50.9. The average Bonchev–Trinajstić information content (AvgIpc) is 3.73. The van der Waals surface area contributed by atoms with Gasteiger partial charge in [-0.2, -0.15) is 0 Å². The van der Waals surface area contributed by atoms with E-state index in [0.29, 0.717) is 0 Å². The van der Waals surface area contributed by atoms with Gasteiger partial charge in [0.15, 0.2) is 0 Å². The summed E-state index contributed by atoms with van der Waals surface area (Å²) in [5, 5.41) is 2.87. The summed E-state index contributed by atoms with van der Waals surface area (Å²) < 4.78 is 1.45. The fourth-order valence-corrected chi connectivity index (χ4v) is 11.6. The van der Waals surface area contributed by atoms with E-state index >= 15 is 0 Å². The molecule has 2 aromatic carbocycles. The van der Waals surface area contributed by atoms with E-state index in [2.05, 4.69) is 89.2 Å². The Morgan fingerprint density at radius 2 is 0.648 bits per heavy atom. The second-order valence-corrected chi connectivity index (χ2v) is 23.4. The fourth-order valence-electron chi connectivity index (χ4n) is 10.4. The molecular formula is C68H118N2Ni. The number of rotatable bonds is 49. The molecule has 0 unspecified atom stereocenters. The van der Waals surface area contributed by atoms with Crippen LogP contribution < -0.4 is 0 Å². The van der Waals surface area contributed by atoms with Crippen LogP contribution in [0.3, 0.4) is 0 Å². The molecule has 0 saturated heterocycles. The van der Waals surface area contributed by atoms with Gasteiger partial charge in [0.2, 0.25) is 11.4 Å². The molecule has 0 spiro atoms. The van der Waals surface area contributed by atoms with Crippen molar-refractivity contribution >= 4 is 11.4 Å². The van der Waals surface area contributed by atoms with Crippen molar-refractivity contribution in [1.29, 1.82) is 0 Å².